The third-order valence-electron chi connectivity index (χ3n) is 3.91. The van der Waals surface area contributed by atoms with Gasteiger partial charge in [0.25, 0.3) is 0 Å². The van der Waals surface area contributed by atoms with Crippen molar-refractivity contribution in [3.8, 4) is 0 Å². The van der Waals surface area contributed by atoms with E-state index >= 15 is 0 Å². The van der Waals surface area contributed by atoms with Gasteiger partial charge in [-0.15, -0.1) is 6.58 Å². The molecule has 0 spiro atoms. The Morgan fingerprint density at radius 2 is 1.95 bits per heavy atom. The maximum atomic E-state index is 12.3. The molecule has 1 aromatic carbocycles. The van der Waals surface area contributed by atoms with Crippen LogP contribution >= 0.6 is 0 Å². The van der Waals surface area contributed by atoms with Gasteiger partial charge in [-0.25, -0.2) is 0 Å². The van der Waals surface area contributed by atoms with E-state index in [1.807, 2.05) is 57.2 Å². The van der Waals surface area contributed by atoms with Crippen LogP contribution in [-0.2, 0) is 20.9 Å². The van der Waals surface area contributed by atoms with Crippen molar-refractivity contribution >= 4 is 5.97 Å². The van der Waals surface area contributed by atoms with Crippen molar-refractivity contribution in [2.45, 2.75) is 51.9 Å². The Kier molecular flexibility index (Phi) is 5.41. The van der Waals surface area contributed by atoms with Crippen LogP contribution in [0.25, 0.3) is 0 Å². The second kappa shape index (κ2) is 7.10. The van der Waals surface area contributed by atoms with E-state index in [1.165, 1.54) is 0 Å². The van der Waals surface area contributed by atoms with Crippen molar-refractivity contribution < 1.29 is 14.3 Å². The molecule has 0 aliphatic heterocycles. The maximum absolute atomic E-state index is 12.3. The molecule has 0 N–H and O–H groups in total. The van der Waals surface area contributed by atoms with Crippen molar-refractivity contribution in [2.24, 2.45) is 11.8 Å². The number of rotatable bonds is 5. The molecule has 0 aromatic heterocycles. The number of esters is 1. The van der Waals surface area contributed by atoms with Crippen LogP contribution in [-0.4, -0.2) is 17.7 Å². The van der Waals surface area contributed by atoms with Crippen molar-refractivity contribution in [3.05, 3.63) is 48.6 Å². The largest absolute Gasteiger partial charge is 0.460 e. The Bertz CT molecular complexity index is 501. The van der Waals surface area contributed by atoms with E-state index < -0.39 is 5.60 Å². The summed E-state index contributed by atoms with van der Waals surface area (Å²) < 4.78 is 11.5. The quantitative estimate of drug-likeness (QED) is 0.606. The Hall–Kier alpha value is -1.61. The highest BCUT2D eigenvalue weighted by Gasteiger charge is 2.39. The molecule has 2 rings (SSSR count). The second-order valence-corrected chi connectivity index (χ2v) is 6.93. The predicted octanol–water partition coefficient (Wildman–Crippen LogP) is 4.13. The van der Waals surface area contributed by atoms with Gasteiger partial charge in [-0.3, -0.25) is 4.79 Å². The van der Waals surface area contributed by atoms with Crippen LogP contribution in [0.1, 0.15) is 39.2 Å². The van der Waals surface area contributed by atoms with Gasteiger partial charge >= 0.3 is 5.97 Å². The molecule has 0 radical (unpaired) electrons. The third-order valence-corrected chi connectivity index (χ3v) is 3.91. The van der Waals surface area contributed by atoms with Crippen LogP contribution < -0.4 is 0 Å². The number of hydrogen-bond acceptors (Lipinski definition) is 3. The number of carbonyl (C=O) groups is 1. The van der Waals surface area contributed by atoms with E-state index in [-0.39, 0.29) is 23.9 Å². The van der Waals surface area contributed by atoms with Crippen LogP contribution in [0.4, 0.5) is 0 Å². The minimum atomic E-state index is -0.453. The molecule has 0 unspecified atom stereocenters. The zero-order valence-corrected chi connectivity index (χ0v) is 13.7. The van der Waals surface area contributed by atoms with Crippen LogP contribution in [0.5, 0.6) is 0 Å². The molecule has 0 amide bonds. The highest BCUT2D eigenvalue weighted by Crippen LogP contribution is 2.36. The van der Waals surface area contributed by atoms with Crippen molar-refractivity contribution in [3.63, 3.8) is 0 Å². The standard InChI is InChI=1S/C19H26O3/c1-5-15-11-16(21-13-14-9-7-6-8-10-14)12-17(15)18(20)22-19(2,3)4/h5-10,15-17H,1,11-13H2,2-4H3/t15-,16-,17-/m0/s1. The molecule has 1 aliphatic carbocycles. The average molecular weight is 302 g/mol. The van der Waals surface area contributed by atoms with Crippen molar-refractivity contribution in [1.82, 2.24) is 0 Å². The summed E-state index contributed by atoms with van der Waals surface area (Å²) in [4.78, 5) is 12.3. The molecule has 1 fully saturated rings. The number of benzene rings is 1. The summed E-state index contributed by atoms with van der Waals surface area (Å²) in [5, 5.41) is 0. The van der Waals surface area contributed by atoms with E-state index in [0.29, 0.717) is 13.0 Å². The summed E-state index contributed by atoms with van der Waals surface area (Å²) >= 11 is 0. The molecule has 3 nitrogen and oxygen atoms in total. The number of hydrogen-bond donors (Lipinski definition) is 0. The van der Waals surface area contributed by atoms with Crippen molar-refractivity contribution in [2.75, 3.05) is 0 Å². The van der Waals surface area contributed by atoms with Gasteiger partial charge in [0.2, 0.25) is 0 Å². The summed E-state index contributed by atoms with van der Waals surface area (Å²) in [6, 6.07) is 10.1. The first-order valence-electron chi connectivity index (χ1n) is 7.90. The first-order valence-corrected chi connectivity index (χ1v) is 7.90. The lowest BCUT2D eigenvalue weighted by Crippen LogP contribution is -2.30. The summed E-state index contributed by atoms with van der Waals surface area (Å²) in [6.07, 6.45) is 3.49. The molecule has 1 aliphatic rings. The van der Waals surface area contributed by atoms with Gasteiger partial charge in [-0.2, -0.15) is 0 Å². The average Bonchev–Trinajstić information content (AvgIpc) is 2.88. The van der Waals surface area contributed by atoms with Crippen LogP contribution in [0, 0.1) is 11.8 Å². The highest BCUT2D eigenvalue weighted by molar-refractivity contribution is 5.74. The van der Waals surface area contributed by atoms with Crippen LogP contribution in [0.15, 0.2) is 43.0 Å². The summed E-state index contributed by atoms with van der Waals surface area (Å²) in [5.74, 6) is -0.142. The minimum Gasteiger partial charge on any atom is -0.460 e. The monoisotopic (exact) mass is 302 g/mol. The van der Waals surface area contributed by atoms with E-state index in [2.05, 4.69) is 6.58 Å². The van der Waals surface area contributed by atoms with Gasteiger partial charge in [0.15, 0.2) is 0 Å². The Morgan fingerprint density at radius 3 is 2.55 bits per heavy atom. The lowest BCUT2D eigenvalue weighted by molar-refractivity contribution is -0.161. The van der Waals surface area contributed by atoms with Crippen LogP contribution in [0.2, 0.25) is 0 Å². The molecule has 3 atom stereocenters. The number of ether oxygens (including phenoxy) is 2. The number of allylic oxidation sites excluding steroid dienone is 1. The smallest absolute Gasteiger partial charge is 0.310 e. The summed E-state index contributed by atoms with van der Waals surface area (Å²) in [5.41, 5.74) is 0.699. The Labute approximate surface area is 133 Å². The Morgan fingerprint density at radius 1 is 1.27 bits per heavy atom. The zero-order chi connectivity index (χ0) is 16.2. The SMILES string of the molecule is C=C[C@H]1C[C@H](OCc2ccccc2)C[C@@H]1C(=O)OC(C)(C)C. The minimum absolute atomic E-state index is 0.0840. The lowest BCUT2D eigenvalue weighted by Gasteiger charge is -2.23. The van der Waals surface area contributed by atoms with E-state index in [0.717, 1.165) is 12.0 Å². The van der Waals surface area contributed by atoms with Gasteiger partial charge in [-0.05, 0) is 45.1 Å². The molecule has 1 aromatic rings. The molecular weight excluding hydrogens is 276 g/mol. The lowest BCUT2D eigenvalue weighted by atomic mass is 9.96. The topological polar surface area (TPSA) is 35.5 Å². The third kappa shape index (κ3) is 4.70. The van der Waals surface area contributed by atoms with E-state index in [1.54, 1.807) is 0 Å². The van der Waals surface area contributed by atoms with Crippen LogP contribution in [0.3, 0.4) is 0 Å². The molecule has 0 bridgehead atoms. The molecule has 22 heavy (non-hydrogen) atoms. The van der Waals surface area contributed by atoms with E-state index in [9.17, 15) is 4.79 Å². The molecular formula is C19H26O3. The van der Waals surface area contributed by atoms with Gasteiger partial charge in [0.05, 0.1) is 18.6 Å². The predicted molar refractivity (Wildman–Crippen MR) is 87.3 cm³/mol. The molecule has 3 heteroatoms. The second-order valence-electron chi connectivity index (χ2n) is 6.93. The van der Waals surface area contributed by atoms with E-state index in [4.69, 9.17) is 9.47 Å². The Balaban J connectivity index is 1.91. The fourth-order valence-corrected chi connectivity index (χ4v) is 2.86. The first kappa shape index (κ1) is 16.8. The highest BCUT2D eigenvalue weighted by atomic mass is 16.6. The summed E-state index contributed by atoms with van der Waals surface area (Å²) in [7, 11) is 0. The normalized spacial score (nSPS) is 25.0. The zero-order valence-electron chi connectivity index (χ0n) is 13.7. The van der Waals surface area contributed by atoms with Gasteiger partial charge in [-0.1, -0.05) is 36.4 Å². The molecule has 0 saturated heterocycles. The first-order chi connectivity index (χ1) is 10.4. The fourth-order valence-electron chi connectivity index (χ4n) is 2.86. The van der Waals surface area contributed by atoms with Gasteiger partial charge < -0.3 is 9.47 Å². The molecule has 0 heterocycles. The van der Waals surface area contributed by atoms with Gasteiger partial charge in [0, 0.05) is 0 Å². The fraction of sp³-hybridized carbons (Fsp3) is 0.526. The summed E-state index contributed by atoms with van der Waals surface area (Å²) in [6.45, 7) is 10.1. The van der Waals surface area contributed by atoms with Gasteiger partial charge in [0.1, 0.15) is 5.60 Å². The molecule has 120 valence electrons. The van der Waals surface area contributed by atoms with Crippen molar-refractivity contribution in [1.29, 1.82) is 0 Å². The maximum Gasteiger partial charge on any atom is 0.310 e. The molecule has 1 saturated carbocycles. The number of carbonyl (C=O) groups excluding carboxylic acids is 1.